The summed E-state index contributed by atoms with van der Waals surface area (Å²) >= 11 is 0. The van der Waals surface area contributed by atoms with Crippen molar-refractivity contribution in [1.29, 1.82) is 0 Å². The molecular formula is C19H19N3O. The van der Waals surface area contributed by atoms with E-state index in [4.69, 9.17) is 5.73 Å². The van der Waals surface area contributed by atoms with E-state index in [1.165, 1.54) is 19.0 Å². The molecule has 0 aliphatic heterocycles. The molecule has 0 spiro atoms. The van der Waals surface area contributed by atoms with Gasteiger partial charge in [-0.3, -0.25) is 9.36 Å². The number of benzene rings is 2. The van der Waals surface area contributed by atoms with Crippen LogP contribution in [0, 0.1) is 0 Å². The molecule has 116 valence electrons. The summed E-state index contributed by atoms with van der Waals surface area (Å²) in [4.78, 5) is 16.8. The zero-order chi connectivity index (χ0) is 16.0. The number of rotatable bonds is 3. The molecule has 23 heavy (non-hydrogen) atoms. The number of nitrogens with zero attached hydrogens (tertiary/aromatic N) is 2. The lowest BCUT2D eigenvalue weighted by molar-refractivity contribution is 0.635. The smallest absolute Gasteiger partial charge is 0.270 e. The molecule has 1 heterocycles. The minimum atomic E-state index is -0.0830. The van der Waals surface area contributed by atoms with Gasteiger partial charge in [0.2, 0.25) is 0 Å². The minimum absolute atomic E-state index is 0.0510. The van der Waals surface area contributed by atoms with Crippen molar-refractivity contribution in [3.63, 3.8) is 0 Å². The predicted octanol–water partition coefficient (Wildman–Crippen LogP) is 3.47. The molecule has 0 radical (unpaired) electrons. The number of anilines is 1. The normalized spacial score (nSPS) is 15.7. The fourth-order valence-corrected chi connectivity index (χ4v) is 3.24. The lowest BCUT2D eigenvalue weighted by Crippen LogP contribution is -2.24. The Morgan fingerprint density at radius 2 is 1.96 bits per heavy atom. The average molecular weight is 305 g/mol. The molecule has 2 N–H and O–H groups in total. The first-order valence-electron chi connectivity index (χ1n) is 8.01. The number of nitrogen functional groups attached to an aromatic ring is 1. The summed E-state index contributed by atoms with van der Waals surface area (Å²) in [5.74, 6) is 0.537. The van der Waals surface area contributed by atoms with E-state index < -0.39 is 0 Å². The summed E-state index contributed by atoms with van der Waals surface area (Å²) < 4.78 is 1.82. The Morgan fingerprint density at radius 1 is 1.22 bits per heavy atom. The number of aromatic nitrogens is 2. The van der Waals surface area contributed by atoms with E-state index in [9.17, 15) is 4.79 Å². The zero-order valence-corrected chi connectivity index (χ0v) is 13.1. The van der Waals surface area contributed by atoms with Crippen LogP contribution in [0.15, 0.2) is 53.5 Å². The van der Waals surface area contributed by atoms with Gasteiger partial charge in [0.05, 0.1) is 23.3 Å². The van der Waals surface area contributed by atoms with Crippen molar-refractivity contribution in [2.45, 2.75) is 31.7 Å². The van der Waals surface area contributed by atoms with Crippen LogP contribution in [-0.2, 0) is 0 Å². The summed E-state index contributed by atoms with van der Waals surface area (Å²) in [6.45, 7) is 2.04. The Bertz CT molecular complexity index is 926. The van der Waals surface area contributed by atoms with Crippen LogP contribution in [0.4, 0.5) is 5.69 Å². The van der Waals surface area contributed by atoms with Crippen molar-refractivity contribution in [3.05, 3.63) is 70.1 Å². The first-order chi connectivity index (χ1) is 11.1. The van der Waals surface area contributed by atoms with Crippen LogP contribution in [0.25, 0.3) is 11.0 Å². The van der Waals surface area contributed by atoms with Gasteiger partial charge in [-0.25, -0.2) is 4.98 Å². The maximum Gasteiger partial charge on any atom is 0.270 e. The van der Waals surface area contributed by atoms with Gasteiger partial charge in [-0.05, 0) is 48.9 Å². The van der Waals surface area contributed by atoms with Crippen LogP contribution in [0.3, 0.4) is 0 Å². The van der Waals surface area contributed by atoms with E-state index in [2.05, 4.69) is 11.1 Å². The zero-order valence-electron chi connectivity index (χ0n) is 13.1. The van der Waals surface area contributed by atoms with Gasteiger partial charge in [-0.2, -0.15) is 0 Å². The van der Waals surface area contributed by atoms with E-state index in [0.29, 0.717) is 5.92 Å². The van der Waals surface area contributed by atoms with Gasteiger partial charge in [-0.15, -0.1) is 0 Å². The second kappa shape index (κ2) is 5.23. The maximum atomic E-state index is 12.5. The monoisotopic (exact) mass is 305 g/mol. The highest BCUT2D eigenvalue weighted by Crippen LogP contribution is 2.43. The van der Waals surface area contributed by atoms with Crippen molar-refractivity contribution in [3.8, 4) is 0 Å². The van der Waals surface area contributed by atoms with E-state index >= 15 is 0 Å². The van der Waals surface area contributed by atoms with Crippen molar-refractivity contribution in [2.24, 2.45) is 0 Å². The second-order valence-electron chi connectivity index (χ2n) is 6.30. The van der Waals surface area contributed by atoms with Gasteiger partial charge in [0.1, 0.15) is 0 Å². The van der Waals surface area contributed by atoms with E-state index in [1.54, 1.807) is 0 Å². The van der Waals surface area contributed by atoms with Crippen LogP contribution < -0.4 is 11.3 Å². The number of nitrogens with two attached hydrogens (primary N) is 1. The first-order valence-corrected chi connectivity index (χ1v) is 8.01. The number of hydrogen-bond donors (Lipinski definition) is 1. The number of fused-ring (bicyclic) bond motifs is 1. The Labute approximate surface area is 134 Å². The van der Waals surface area contributed by atoms with Crippen LogP contribution in [0.5, 0.6) is 0 Å². The molecule has 0 amide bonds. The van der Waals surface area contributed by atoms with Crippen molar-refractivity contribution >= 4 is 16.7 Å². The SMILES string of the molecule is C[C@@H](c1ccccc1)n1c(=O)cnc2cc(N)c(C3CC3)cc21. The Morgan fingerprint density at radius 3 is 2.65 bits per heavy atom. The fraction of sp³-hybridized carbons (Fsp3) is 0.263. The minimum Gasteiger partial charge on any atom is -0.398 e. The number of hydrogen-bond acceptors (Lipinski definition) is 3. The van der Waals surface area contributed by atoms with Crippen LogP contribution in [-0.4, -0.2) is 9.55 Å². The molecule has 0 bridgehead atoms. The van der Waals surface area contributed by atoms with Gasteiger partial charge in [-0.1, -0.05) is 30.3 Å². The summed E-state index contributed by atoms with van der Waals surface area (Å²) in [6.07, 6.45) is 3.74. The first kappa shape index (κ1) is 14.0. The van der Waals surface area contributed by atoms with Crippen LogP contribution in [0.2, 0.25) is 0 Å². The summed E-state index contributed by atoms with van der Waals surface area (Å²) in [5, 5.41) is 0. The molecule has 1 atom stereocenters. The largest absolute Gasteiger partial charge is 0.398 e. The Balaban J connectivity index is 1.96. The summed E-state index contributed by atoms with van der Waals surface area (Å²) in [6, 6.07) is 14.0. The molecule has 4 heteroatoms. The molecule has 1 fully saturated rings. The fourth-order valence-electron chi connectivity index (χ4n) is 3.24. The van der Waals surface area contributed by atoms with Gasteiger partial charge < -0.3 is 5.73 Å². The van der Waals surface area contributed by atoms with Gasteiger partial charge in [0, 0.05) is 5.69 Å². The van der Waals surface area contributed by atoms with Crippen molar-refractivity contribution in [1.82, 2.24) is 9.55 Å². The molecule has 1 aromatic heterocycles. The average Bonchev–Trinajstić information content (AvgIpc) is 3.40. The highest BCUT2D eigenvalue weighted by Gasteiger charge is 2.26. The molecule has 4 rings (SSSR count). The van der Waals surface area contributed by atoms with Crippen LogP contribution >= 0.6 is 0 Å². The molecule has 1 aliphatic carbocycles. The van der Waals surface area contributed by atoms with Gasteiger partial charge in [0.25, 0.3) is 5.56 Å². The molecule has 3 aromatic rings. The maximum absolute atomic E-state index is 12.5. The van der Waals surface area contributed by atoms with E-state index in [0.717, 1.165) is 27.8 Å². The highest BCUT2D eigenvalue weighted by molar-refractivity contribution is 5.81. The standard InChI is InChI=1S/C19H19N3O/c1-12(13-5-3-2-4-6-13)22-18-9-15(14-7-8-14)16(20)10-17(18)21-11-19(22)23/h2-6,9-12,14H,7-8,20H2,1H3/t12-/m0/s1. The molecule has 0 unspecified atom stereocenters. The van der Waals surface area contributed by atoms with Crippen LogP contribution in [0.1, 0.15) is 42.9 Å². The Kier molecular flexibility index (Phi) is 3.18. The highest BCUT2D eigenvalue weighted by atomic mass is 16.1. The predicted molar refractivity (Wildman–Crippen MR) is 92.6 cm³/mol. The third-order valence-electron chi connectivity index (χ3n) is 4.68. The van der Waals surface area contributed by atoms with E-state index in [-0.39, 0.29) is 11.6 Å². The Hall–Kier alpha value is -2.62. The third-order valence-corrected chi connectivity index (χ3v) is 4.68. The molecular weight excluding hydrogens is 286 g/mol. The second-order valence-corrected chi connectivity index (χ2v) is 6.30. The van der Waals surface area contributed by atoms with Gasteiger partial charge >= 0.3 is 0 Å². The molecule has 1 aliphatic rings. The molecule has 2 aromatic carbocycles. The van der Waals surface area contributed by atoms with Crippen molar-refractivity contribution in [2.75, 3.05) is 5.73 Å². The molecule has 4 nitrogen and oxygen atoms in total. The van der Waals surface area contributed by atoms with Gasteiger partial charge in [0.15, 0.2) is 0 Å². The summed E-state index contributed by atoms with van der Waals surface area (Å²) in [7, 11) is 0. The lowest BCUT2D eigenvalue weighted by atomic mass is 10.0. The molecule has 0 saturated heterocycles. The third kappa shape index (κ3) is 2.40. The lowest BCUT2D eigenvalue weighted by Gasteiger charge is -2.19. The van der Waals surface area contributed by atoms with Crippen molar-refractivity contribution < 1.29 is 0 Å². The molecule has 1 saturated carbocycles. The topological polar surface area (TPSA) is 60.9 Å². The quantitative estimate of drug-likeness (QED) is 0.754. The summed E-state index contributed by atoms with van der Waals surface area (Å²) in [5.41, 5.74) is 10.8. The van der Waals surface area contributed by atoms with E-state index in [1.807, 2.05) is 47.9 Å².